The molecule has 0 aliphatic rings. The van der Waals surface area contributed by atoms with Gasteiger partial charge >= 0.3 is 0 Å². The van der Waals surface area contributed by atoms with Gasteiger partial charge in [0, 0.05) is 12.2 Å². The molecule has 0 radical (unpaired) electrons. The highest BCUT2D eigenvalue weighted by Crippen LogP contribution is 2.11. The van der Waals surface area contributed by atoms with Gasteiger partial charge in [0.15, 0.2) is 0 Å². The van der Waals surface area contributed by atoms with Crippen molar-refractivity contribution in [1.29, 1.82) is 0 Å². The predicted octanol–water partition coefficient (Wildman–Crippen LogP) is 1.03. The van der Waals surface area contributed by atoms with Gasteiger partial charge < -0.3 is 16.8 Å². The van der Waals surface area contributed by atoms with Crippen LogP contribution in [-0.4, -0.2) is 6.54 Å². The molecule has 0 unspecified atom stereocenters. The van der Waals surface area contributed by atoms with Crippen LogP contribution >= 0.6 is 0 Å². The Balaban J connectivity index is 2.71. The highest BCUT2D eigenvalue weighted by atomic mass is 14.9. The van der Waals surface area contributed by atoms with E-state index in [9.17, 15) is 0 Å². The lowest BCUT2D eigenvalue weighted by Crippen LogP contribution is -2.19. The maximum absolute atomic E-state index is 5.50. The zero-order chi connectivity index (χ0) is 8.97. The van der Waals surface area contributed by atoms with Gasteiger partial charge in [-0.2, -0.15) is 0 Å². The van der Waals surface area contributed by atoms with Crippen LogP contribution in [0, 0.1) is 0 Å². The summed E-state index contributed by atoms with van der Waals surface area (Å²) in [6.45, 7) is 2.98. The third-order valence-corrected chi connectivity index (χ3v) is 1.68. The van der Waals surface area contributed by atoms with Gasteiger partial charge in [-0.05, 0) is 24.6 Å². The van der Waals surface area contributed by atoms with Crippen LogP contribution in [0.5, 0.6) is 0 Å². The normalized spacial score (nSPS) is 10.3. The van der Waals surface area contributed by atoms with Crippen molar-refractivity contribution in [3.63, 3.8) is 0 Å². The van der Waals surface area contributed by atoms with E-state index in [0.29, 0.717) is 0 Å². The average molecular weight is 165 g/mol. The van der Waals surface area contributed by atoms with Crippen LogP contribution in [0.1, 0.15) is 18.7 Å². The molecule has 0 amide bonds. The van der Waals surface area contributed by atoms with Crippen LogP contribution in [0.2, 0.25) is 0 Å². The second kappa shape index (κ2) is 4.09. The molecule has 1 rings (SSSR count). The first-order valence-corrected chi connectivity index (χ1v) is 4.09. The first-order chi connectivity index (χ1) is 5.74. The predicted molar refractivity (Wildman–Crippen MR) is 51.7 cm³/mol. The fraction of sp³-hybridized carbons (Fsp3) is 0.333. The van der Waals surface area contributed by atoms with E-state index in [-0.39, 0.29) is 6.17 Å². The van der Waals surface area contributed by atoms with Gasteiger partial charge in [-0.15, -0.1) is 0 Å². The van der Waals surface area contributed by atoms with Gasteiger partial charge in [0.1, 0.15) is 0 Å². The number of hydrogen-bond donors (Lipinski definition) is 3. The zero-order valence-corrected chi connectivity index (χ0v) is 7.25. The molecule has 1 aromatic rings. The minimum Gasteiger partial charge on any atom is -0.385 e. The molecule has 5 N–H and O–H groups in total. The van der Waals surface area contributed by atoms with Crippen LogP contribution in [0.15, 0.2) is 24.3 Å². The molecule has 12 heavy (non-hydrogen) atoms. The first-order valence-electron chi connectivity index (χ1n) is 4.09. The lowest BCUT2D eigenvalue weighted by Gasteiger charge is -2.07. The number of anilines is 1. The fourth-order valence-corrected chi connectivity index (χ4v) is 1.03. The maximum Gasteiger partial charge on any atom is 0.0784 e. The van der Waals surface area contributed by atoms with E-state index in [1.807, 2.05) is 24.3 Å². The van der Waals surface area contributed by atoms with Crippen molar-refractivity contribution in [2.75, 3.05) is 11.9 Å². The lowest BCUT2D eigenvalue weighted by atomic mass is 10.2. The van der Waals surface area contributed by atoms with E-state index in [4.69, 9.17) is 11.5 Å². The Hall–Kier alpha value is -1.06. The monoisotopic (exact) mass is 165 g/mol. The van der Waals surface area contributed by atoms with E-state index in [0.717, 1.165) is 17.8 Å². The Morgan fingerprint density at radius 3 is 2.25 bits per heavy atom. The molecule has 0 aliphatic heterocycles. The molecule has 0 bridgehead atoms. The maximum atomic E-state index is 5.50. The molecule has 0 atom stereocenters. The van der Waals surface area contributed by atoms with Gasteiger partial charge in [0.2, 0.25) is 0 Å². The molecule has 3 heteroatoms. The molecule has 0 saturated heterocycles. The summed E-state index contributed by atoms with van der Waals surface area (Å²) in [5, 5.41) is 3.19. The third-order valence-electron chi connectivity index (χ3n) is 1.68. The van der Waals surface area contributed by atoms with Crippen molar-refractivity contribution in [3.05, 3.63) is 29.8 Å². The summed E-state index contributed by atoms with van der Waals surface area (Å²) in [5.41, 5.74) is 13.0. The summed E-state index contributed by atoms with van der Waals surface area (Å²) in [6.07, 6.45) is -0.374. The topological polar surface area (TPSA) is 64.1 Å². The van der Waals surface area contributed by atoms with Gasteiger partial charge in [0.05, 0.1) is 6.17 Å². The Bertz CT molecular complexity index is 228. The van der Waals surface area contributed by atoms with Crippen LogP contribution in [-0.2, 0) is 0 Å². The van der Waals surface area contributed by atoms with Crippen molar-refractivity contribution < 1.29 is 0 Å². The van der Waals surface area contributed by atoms with Crippen LogP contribution in [0.3, 0.4) is 0 Å². The Morgan fingerprint density at radius 2 is 1.83 bits per heavy atom. The molecular weight excluding hydrogens is 150 g/mol. The second-order valence-electron chi connectivity index (χ2n) is 2.68. The summed E-state index contributed by atoms with van der Waals surface area (Å²) in [7, 11) is 0. The number of hydrogen-bond acceptors (Lipinski definition) is 3. The van der Waals surface area contributed by atoms with Crippen molar-refractivity contribution in [2.45, 2.75) is 13.1 Å². The highest BCUT2D eigenvalue weighted by molar-refractivity contribution is 5.44. The van der Waals surface area contributed by atoms with Crippen LogP contribution < -0.4 is 16.8 Å². The third kappa shape index (κ3) is 2.22. The molecule has 0 aliphatic carbocycles. The van der Waals surface area contributed by atoms with Crippen molar-refractivity contribution in [2.24, 2.45) is 11.5 Å². The van der Waals surface area contributed by atoms with E-state index in [2.05, 4.69) is 12.2 Å². The van der Waals surface area contributed by atoms with Crippen molar-refractivity contribution in [3.8, 4) is 0 Å². The molecular formula is C9H15N3. The molecule has 0 spiro atoms. The zero-order valence-electron chi connectivity index (χ0n) is 7.25. The summed E-state index contributed by atoms with van der Waals surface area (Å²) < 4.78 is 0. The van der Waals surface area contributed by atoms with Gasteiger partial charge in [0.25, 0.3) is 0 Å². The van der Waals surface area contributed by atoms with Crippen molar-refractivity contribution >= 4 is 5.69 Å². The lowest BCUT2D eigenvalue weighted by molar-refractivity contribution is 0.774. The van der Waals surface area contributed by atoms with E-state index < -0.39 is 0 Å². The standard InChI is InChI=1S/C9H15N3/c1-2-12-8-5-3-7(4-6-8)9(10)11/h3-6,9,12H,2,10-11H2,1H3. The van der Waals surface area contributed by atoms with Crippen LogP contribution in [0.25, 0.3) is 0 Å². The van der Waals surface area contributed by atoms with E-state index in [1.165, 1.54) is 0 Å². The molecule has 66 valence electrons. The van der Waals surface area contributed by atoms with Crippen LogP contribution in [0.4, 0.5) is 5.69 Å². The molecule has 1 aromatic carbocycles. The minimum atomic E-state index is -0.374. The Kier molecular flexibility index (Phi) is 3.08. The minimum absolute atomic E-state index is 0.374. The highest BCUT2D eigenvalue weighted by Gasteiger charge is 1.97. The summed E-state index contributed by atoms with van der Waals surface area (Å²) >= 11 is 0. The summed E-state index contributed by atoms with van der Waals surface area (Å²) in [5.74, 6) is 0. The number of rotatable bonds is 3. The molecule has 0 heterocycles. The summed E-state index contributed by atoms with van der Waals surface area (Å²) in [4.78, 5) is 0. The largest absolute Gasteiger partial charge is 0.385 e. The Morgan fingerprint density at radius 1 is 1.25 bits per heavy atom. The van der Waals surface area contributed by atoms with Gasteiger partial charge in [-0.3, -0.25) is 0 Å². The molecule has 0 fully saturated rings. The van der Waals surface area contributed by atoms with Crippen molar-refractivity contribution in [1.82, 2.24) is 0 Å². The second-order valence-corrected chi connectivity index (χ2v) is 2.68. The number of nitrogens with one attached hydrogen (secondary N) is 1. The fourth-order valence-electron chi connectivity index (χ4n) is 1.03. The number of nitrogens with two attached hydrogens (primary N) is 2. The molecule has 0 saturated carbocycles. The number of benzene rings is 1. The smallest absolute Gasteiger partial charge is 0.0784 e. The van der Waals surface area contributed by atoms with Gasteiger partial charge in [-0.1, -0.05) is 12.1 Å². The van der Waals surface area contributed by atoms with Gasteiger partial charge in [-0.25, -0.2) is 0 Å². The SMILES string of the molecule is CCNc1ccc(C(N)N)cc1. The van der Waals surface area contributed by atoms with E-state index >= 15 is 0 Å². The van der Waals surface area contributed by atoms with E-state index in [1.54, 1.807) is 0 Å². The molecule has 0 aromatic heterocycles. The quantitative estimate of drug-likeness (QED) is 0.586. The average Bonchev–Trinajstić information content (AvgIpc) is 2.06. The summed E-state index contributed by atoms with van der Waals surface area (Å²) in [6, 6.07) is 7.82. The molecule has 3 nitrogen and oxygen atoms in total. The first kappa shape index (κ1) is 9.03. The Labute approximate surface area is 72.8 Å².